The summed E-state index contributed by atoms with van der Waals surface area (Å²) in [5.41, 5.74) is 3.28. The first-order chi connectivity index (χ1) is 9.83. The van der Waals surface area contributed by atoms with E-state index in [1.807, 2.05) is 18.2 Å². The van der Waals surface area contributed by atoms with Crippen molar-refractivity contribution in [1.82, 2.24) is 5.32 Å². The van der Waals surface area contributed by atoms with E-state index < -0.39 is 0 Å². The summed E-state index contributed by atoms with van der Waals surface area (Å²) in [5.74, 6) is 0.102. The number of carbonyl (C=O) groups is 1. The molecule has 20 heavy (non-hydrogen) atoms. The van der Waals surface area contributed by atoms with Crippen LogP contribution in [0.2, 0.25) is 0 Å². The van der Waals surface area contributed by atoms with E-state index in [-0.39, 0.29) is 5.91 Å². The lowest BCUT2D eigenvalue weighted by Crippen LogP contribution is -2.35. The highest BCUT2D eigenvalue weighted by Gasteiger charge is 2.17. The van der Waals surface area contributed by atoms with Crippen LogP contribution in [0.15, 0.2) is 18.2 Å². The predicted molar refractivity (Wildman–Crippen MR) is 82.2 cm³/mol. The molecule has 1 aliphatic heterocycles. The number of amides is 1. The fourth-order valence-corrected chi connectivity index (χ4v) is 3.32. The van der Waals surface area contributed by atoms with E-state index in [9.17, 15) is 4.79 Å². The van der Waals surface area contributed by atoms with Crippen molar-refractivity contribution in [3.63, 3.8) is 0 Å². The van der Waals surface area contributed by atoms with Crippen molar-refractivity contribution in [2.75, 3.05) is 11.9 Å². The zero-order chi connectivity index (χ0) is 13.8. The first-order valence-corrected chi connectivity index (χ1v) is 8.00. The fraction of sp³-hybridized carbons (Fsp3) is 0.588. The Morgan fingerprint density at radius 3 is 2.65 bits per heavy atom. The van der Waals surface area contributed by atoms with Gasteiger partial charge in [0.05, 0.1) is 0 Å². The molecule has 0 atom stereocenters. The maximum absolute atomic E-state index is 12.4. The molecule has 0 bridgehead atoms. The summed E-state index contributed by atoms with van der Waals surface area (Å²) in [5, 5.41) is 6.57. The Bertz CT molecular complexity index is 476. The third-order valence-corrected chi connectivity index (χ3v) is 4.52. The Morgan fingerprint density at radius 2 is 1.85 bits per heavy atom. The molecule has 1 aliphatic carbocycles. The molecule has 3 nitrogen and oxygen atoms in total. The normalized spacial score (nSPS) is 19.6. The van der Waals surface area contributed by atoms with Crippen LogP contribution in [-0.4, -0.2) is 18.5 Å². The molecule has 108 valence electrons. The van der Waals surface area contributed by atoms with Gasteiger partial charge in [-0.1, -0.05) is 32.1 Å². The monoisotopic (exact) mass is 272 g/mol. The predicted octanol–water partition coefficient (Wildman–Crippen LogP) is 3.50. The number of hydrogen-bond acceptors (Lipinski definition) is 2. The number of anilines is 1. The van der Waals surface area contributed by atoms with Gasteiger partial charge in [0.2, 0.25) is 0 Å². The first-order valence-electron chi connectivity index (χ1n) is 8.00. The minimum Gasteiger partial charge on any atom is -0.384 e. The highest BCUT2D eigenvalue weighted by molar-refractivity contribution is 5.95. The van der Waals surface area contributed by atoms with Crippen LogP contribution in [0.4, 0.5) is 5.69 Å². The van der Waals surface area contributed by atoms with Crippen LogP contribution < -0.4 is 10.6 Å². The van der Waals surface area contributed by atoms with Crippen LogP contribution in [0.5, 0.6) is 0 Å². The van der Waals surface area contributed by atoms with Gasteiger partial charge in [-0.3, -0.25) is 4.79 Å². The Labute approximate surface area is 121 Å². The van der Waals surface area contributed by atoms with Gasteiger partial charge in [-0.05, 0) is 43.0 Å². The smallest absolute Gasteiger partial charge is 0.251 e. The average Bonchev–Trinajstić information content (AvgIpc) is 2.88. The Hall–Kier alpha value is -1.51. The van der Waals surface area contributed by atoms with Crippen molar-refractivity contribution in [3.8, 4) is 0 Å². The maximum Gasteiger partial charge on any atom is 0.251 e. The number of hydrogen-bond donors (Lipinski definition) is 2. The van der Waals surface area contributed by atoms with Crippen LogP contribution in [-0.2, 0) is 6.42 Å². The number of benzene rings is 1. The second kappa shape index (κ2) is 6.29. The van der Waals surface area contributed by atoms with Crippen LogP contribution in [0, 0.1) is 0 Å². The highest BCUT2D eigenvalue weighted by atomic mass is 16.1. The van der Waals surface area contributed by atoms with E-state index in [4.69, 9.17) is 0 Å². The van der Waals surface area contributed by atoms with Crippen molar-refractivity contribution in [1.29, 1.82) is 0 Å². The van der Waals surface area contributed by atoms with Gasteiger partial charge < -0.3 is 10.6 Å². The molecular weight excluding hydrogens is 248 g/mol. The van der Waals surface area contributed by atoms with Crippen molar-refractivity contribution in [2.45, 2.75) is 57.4 Å². The average molecular weight is 272 g/mol. The van der Waals surface area contributed by atoms with Crippen molar-refractivity contribution >= 4 is 11.6 Å². The standard InChI is InChI=1S/C17H24N2O/c20-17(19-15-6-4-2-1-3-5-7-15)14-8-9-16-13(12-14)10-11-18-16/h8-9,12,15,18H,1-7,10-11H2,(H,19,20). The summed E-state index contributed by atoms with van der Waals surface area (Å²) >= 11 is 0. The molecule has 3 rings (SSSR count). The molecule has 0 spiro atoms. The van der Waals surface area contributed by atoms with Gasteiger partial charge in [0, 0.05) is 23.8 Å². The minimum atomic E-state index is 0.102. The lowest BCUT2D eigenvalue weighted by Gasteiger charge is -2.21. The molecule has 1 fully saturated rings. The first kappa shape index (κ1) is 13.5. The molecule has 1 heterocycles. The largest absolute Gasteiger partial charge is 0.384 e. The van der Waals surface area contributed by atoms with Gasteiger partial charge >= 0.3 is 0 Å². The zero-order valence-corrected chi connectivity index (χ0v) is 12.1. The summed E-state index contributed by atoms with van der Waals surface area (Å²) in [6.07, 6.45) is 9.79. The third kappa shape index (κ3) is 3.14. The zero-order valence-electron chi connectivity index (χ0n) is 12.1. The minimum absolute atomic E-state index is 0.102. The van der Waals surface area contributed by atoms with Crippen molar-refractivity contribution in [2.24, 2.45) is 0 Å². The van der Waals surface area contributed by atoms with Crippen LogP contribution in [0.25, 0.3) is 0 Å². The summed E-state index contributed by atoms with van der Waals surface area (Å²) in [7, 11) is 0. The molecule has 0 radical (unpaired) electrons. The van der Waals surface area contributed by atoms with Gasteiger partial charge in [0.1, 0.15) is 0 Å². The number of rotatable bonds is 2. The molecule has 3 heteroatoms. The second-order valence-corrected chi connectivity index (χ2v) is 6.06. The van der Waals surface area contributed by atoms with E-state index in [1.165, 1.54) is 43.4 Å². The summed E-state index contributed by atoms with van der Waals surface area (Å²) in [6.45, 7) is 0.989. The van der Waals surface area contributed by atoms with E-state index in [0.717, 1.165) is 31.4 Å². The molecule has 2 N–H and O–H groups in total. The van der Waals surface area contributed by atoms with Crippen LogP contribution in [0.3, 0.4) is 0 Å². The van der Waals surface area contributed by atoms with E-state index in [0.29, 0.717) is 6.04 Å². The third-order valence-electron chi connectivity index (χ3n) is 4.52. The van der Waals surface area contributed by atoms with Crippen molar-refractivity contribution in [3.05, 3.63) is 29.3 Å². The van der Waals surface area contributed by atoms with E-state index in [1.54, 1.807) is 0 Å². The van der Waals surface area contributed by atoms with Gasteiger partial charge in [-0.25, -0.2) is 0 Å². The molecule has 0 saturated heterocycles. The lowest BCUT2D eigenvalue weighted by molar-refractivity contribution is 0.0930. The topological polar surface area (TPSA) is 41.1 Å². The second-order valence-electron chi connectivity index (χ2n) is 6.06. The molecular formula is C17H24N2O. The summed E-state index contributed by atoms with van der Waals surface area (Å²) < 4.78 is 0. The molecule has 1 aromatic rings. The number of carbonyl (C=O) groups excluding carboxylic acids is 1. The fourth-order valence-electron chi connectivity index (χ4n) is 3.32. The van der Waals surface area contributed by atoms with Gasteiger partial charge in [0.25, 0.3) is 5.91 Å². The number of fused-ring (bicyclic) bond motifs is 1. The summed E-state index contributed by atoms with van der Waals surface area (Å²) in [4.78, 5) is 12.4. The molecule has 2 aliphatic rings. The Morgan fingerprint density at radius 1 is 1.10 bits per heavy atom. The highest BCUT2D eigenvalue weighted by Crippen LogP contribution is 2.23. The molecule has 0 aromatic heterocycles. The van der Waals surface area contributed by atoms with Crippen LogP contribution in [0.1, 0.15) is 60.9 Å². The van der Waals surface area contributed by atoms with E-state index >= 15 is 0 Å². The SMILES string of the molecule is O=C(NC1CCCCCCC1)c1ccc2c(c1)CCN2. The Kier molecular flexibility index (Phi) is 4.24. The quantitative estimate of drug-likeness (QED) is 0.865. The van der Waals surface area contributed by atoms with E-state index in [2.05, 4.69) is 10.6 Å². The molecule has 0 unspecified atom stereocenters. The van der Waals surface area contributed by atoms with Gasteiger partial charge in [0.15, 0.2) is 0 Å². The van der Waals surface area contributed by atoms with Gasteiger partial charge in [-0.2, -0.15) is 0 Å². The van der Waals surface area contributed by atoms with Crippen molar-refractivity contribution < 1.29 is 4.79 Å². The summed E-state index contributed by atoms with van der Waals surface area (Å²) in [6, 6.07) is 6.40. The molecule has 1 saturated carbocycles. The number of nitrogens with one attached hydrogen (secondary N) is 2. The molecule has 1 aromatic carbocycles. The van der Waals surface area contributed by atoms with Crippen LogP contribution >= 0.6 is 0 Å². The maximum atomic E-state index is 12.4. The Balaban J connectivity index is 1.63. The molecule has 1 amide bonds. The lowest BCUT2D eigenvalue weighted by atomic mass is 9.96. The van der Waals surface area contributed by atoms with Gasteiger partial charge in [-0.15, -0.1) is 0 Å².